The first-order chi connectivity index (χ1) is 8.16. The van der Waals surface area contributed by atoms with E-state index in [1.165, 1.54) is 23.3 Å². The van der Waals surface area contributed by atoms with E-state index in [-0.39, 0.29) is 5.82 Å². The lowest BCUT2D eigenvalue weighted by molar-refractivity contribution is 0.619. The largest absolute Gasteiger partial charge is 0.397 e. The quantitative estimate of drug-likeness (QED) is 0.830. The van der Waals surface area contributed by atoms with Crippen molar-refractivity contribution in [3.63, 3.8) is 0 Å². The molecule has 0 bridgehead atoms. The van der Waals surface area contributed by atoms with Crippen molar-refractivity contribution in [2.75, 3.05) is 34.9 Å². The number of nitrogens with one attached hydrogen (secondary N) is 1. The monoisotopic (exact) mass is 272 g/mol. The van der Waals surface area contributed by atoms with Gasteiger partial charge < -0.3 is 11.1 Å². The first-order valence-corrected chi connectivity index (χ1v) is 7.86. The summed E-state index contributed by atoms with van der Waals surface area (Å²) in [5.74, 6) is 3.40. The molecule has 1 saturated heterocycles. The highest BCUT2D eigenvalue weighted by Crippen LogP contribution is 2.26. The normalized spacial score (nSPS) is 20.2. The van der Waals surface area contributed by atoms with Gasteiger partial charge in [0.15, 0.2) is 0 Å². The van der Waals surface area contributed by atoms with Crippen LogP contribution in [0.25, 0.3) is 0 Å². The minimum absolute atomic E-state index is 0.240. The second kappa shape index (κ2) is 5.87. The van der Waals surface area contributed by atoms with Gasteiger partial charge >= 0.3 is 0 Å². The molecule has 1 atom stereocenters. The lowest BCUT2D eigenvalue weighted by atomic mass is 10.2. The molecule has 1 heterocycles. The van der Waals surface area contributed by atoms with Gasteiger partial charge in [0.05, 0.1) is 11.4 Å². The fourth-order valence-corrected chi connectivity index (χ4v) is 4.34. The topological polar surface area (TPSA) is 38.0 Å². The minimum Gasteiger partial charge on any atom is -0.397 e. The molecule has 0 amide bonds. The number of thioether (sulfide) groups is 2. The molecule has 1 aromatic carbocycles. The highest BCUT2D eigenvalue weighted by molar-refractivity contribution is 8.06. The Morgan fingerprint density at radius 1 is 1.47 bits per heavy atom. The SMILES string of the molecule is Cc1cc(NCC2CSCCS2)c(N)cc1F. The van der Waals surface area contributed by atoms with Crippen molar-refractivity contribution in [1.82, 2.24) is 0 Å². The molecule has 0 spiro atoms. The molecular formula is C12H17FN2S2. The van der Waals surface area contributed by atoms with Gasteiger partial charge in [-0.05, 0) is 24.6 Å². The maximum Gasteiger partial charge on any atom is 0.128 e. The van der Waals surface area contributed by atoms with E-state index in [0.717, 1.165) is 12.2 Å². The Balaban J connectivity index is 1.96. The Bertz CT molecular complexity index is 392. The third-order valence-electron chi connectivity index (χ3n) is 2.74. The van der Waals surface area contributed by atoms with E-state index in [9.17, 15) is 4.39 Å². The Labute approximate surface area is 110 Å². The van der Waals surface area contributed by atoms with E-state index in [1.807, 2.05) is 23.5 Å². The number of hydrogen-bond donors (Lipinski definition) is 2. The summed E-state index contributed by atoms with van der Waals surface area (Å²) < 4.78 is 13.2. The number of hydrogen-bond acceptors (Lipinski definition) is 4. The lowest BCUT2D eigenvalue weighted by Crippen LogP contribution is -2.23. The average molecular weight is 272 g/mol. The number of aryl methyl sites for hydroxylation is 1. The summed E-state index contributed by atoms with van der Waals surface area (Å²) in [6.45, 7) is 2.65. The van der Waals surface area contributed by atoms with Gasteiger partial charge in [-0.2, -0.15) is 23.5 Å². The molecule has 1 unspecified atom stereocenters. The van der Waals surface area contributed by atoms with Crippen molar-refractivity contribution >= 4 is 34.9 Å². The zero-order valence-corrected chi connectivity index (χ0v) is 11.5. The van der Waals surface area contributed by atoms with Gasteiger partial charge in [0.2, 0.25) is 0 Å². The standard InChI is InChI=1S/C12H17FN2S2/c1-8-4-12(11(14)5-10(8)13)15-6-9-7-16-2-3-17-9/h4-5,9,15H,2-3,6-7,14H2,1H3. The van der Waals surface area contributed by atoms with Gasteiger partial charge in [0.25, 0.3) is 0 Å². The Morgan fingerprint density at radius 2 is 2.29 bits per heavy atom. The Kier molecular flexibility index (Phi) is 4.45. The number of nitrogens with two attached hydrogens (primary N) is 1. The second-order valence-corrected chi connectivity index (χ2v) is 6.70. The predicted octanol–water partition coefficient (Wildman–Crippen LogP) is 2.98. The third-order valence-corrected chi connectivity index (χ3v) is 5.58. The van der Waals surface area contributed by atoms with Crippen molar-refractivity contribution in [2.24, 2.45) is 0 Å². The Hall–Kier alpha value is -0.550. The number of halogens is 1. The molecule has 0 saturated carbocycles. The lowest BCUT2D eigenvalue weighted by Gasteiger charge is -2.22. The van der Waals surface area contributed by atoms with Crippen molar-refractivity contribution < 1.29 is 4.39 Å². The van der Waals surface area contributed by atoms with Crippen LogP contribution in [0.2, 0.25) is 0 Å². The molecule has 94 valence electrons. The maximum absolute atomic E-state index is 13.2. The van der Waals surface area contributed by atoms with Crippen LogP contribution in [-0.4, -0.2) is 29.1 Å². The molecule has 1 aliphatic rings. The summed E-state index contributed by atoms with van der Waals surface area (Å²) in [6.07, 6.45) is 0. The third kappa shape index (κ3) is 3.45. The van der Waals surface area contributed by atoms with E-state index in [4.69, 9.17) is 5.73 Å². The van der Waals surface area contributed by atoms with Crippen LogP contribution in [0.4, 0.5) is 15.8 Å². The fraction of sp³-hybridized carbons (Fsp3) is 0.500. The summed E-state index contributed by atoms with van der Waals surface area (Å²) in [6, 6.07) is 3.17. The zero-order valence-electron chi connectivity index (χ0n) is 9.83. The predicted molar refractivity (Wildman–Crippen MR) is 77.6 cm³/mol. The van der Waals surface area contributed by atoms with Crippen molar-refractivity contribution in [3.05, 3.63) is 23.5 Å². The molecule has 2 rings (SSSR count). The average Bonchev–Trinajstić information content (AvgIpc) is 2.33. The van der Waals surface area contributed by atoms with Crippen LogP contribution in [0.5, 0.6) is 0 Å². The molecule has 0 radical (unpaired) electrons. The van der Waals surface area contributed by atoms with Gasteiger partial charge in [-0.15, -0.1) is 0 Å². The first kappa shape index (κ1) is 12.9. The van der Waals surface area contributed by atoms with Gasteiger partial charge in [-0.25, -0.2) is 4.39 Å². The van der Waals surface area contributed by atoms with Crippen LogP contribution in [-0.2, 0) is 0 Å². The maximum atomic E-state index is 13.2. The van der Waals surface area contributed by atoms with Crippen LogP contribution in [0, 0.1) is 12.7 Å². The number of anilines is 2. The fourth-order valence-electron chi connectivity index (χ4n) is 1.73. The molecule has 2 nitrogen and oxygen atoms in total. The molecule has 17 heavy (non-hydrogen) atoms. The molecule has 0 aliphatic carbocycles. The van der Waals surface area contributed by atoms with Gasteiger partial charge in [0.1, 0.15) is 5.82 Å². The molecular weight excluding hydrogens is 255 g/mol. The molecule has 1 aliphatic heterocycles. The van der Waals surface area contributed by atoms with Crippen LogP contribution in [0.15, 0.2) is 12.1 Å². The van der Waals surface area contributed by atoms with E-state index < -0.39 is 0 Å². The molecule has 0 aromatic heterocycles. The first-order valence-electron chi connectivity index (χ1n) is 5.65. The summed E-state index contributed by atoms with van der Waals surface area (Å²) in [5.41, 5.74) is 7.76. The highest BCUT2D eigenvalue weighted by Gasteiger charge is 2.14. The number of nitrogen functional groups attached to an aromatic ring is 1. The summed E-state index contributed by atoms with van der Waals surface area (Å²) in [7, 11) is 0. The molecule has 3 N–H and O–H groups in total. The second-order valence-electron chi connectivity index (χ2n) is 4.14. The summed E-state index contributed by atoms with van der Waals surface area (Å²) in [5, 5.41) is 3.95. The molecule has 1 aromatic rings. The van der Waals surface area contributed by atoms with Crippen LogP contribution in [0.1, 0.15) is 5.56 Å². The minimum atomic E-state index is -0.240. The highest BCUT2D eigenvalue weighted by atomic mass is 32.2. The van der Waals surface area contributed by atoms with E-state index in [2.05, 4.69) is 5.32 Å². The van der Waals surface area contributed by atoms with Crippen LogP contribution in [0.3, 0.4) is 0 Å². The number of rotatable bonds is 3. The van der Waals surface area contributed by atoms with Crippen LogP contribution >= 0.6 is 23.5 Å². The molecule has 1 fully saturated rings. The van der Waals surface area contributed by atoms with Crippen molar-refractivity contribution in [3.8, 4) is 0 Å². The Morgan fingerprint density at radius 3 is 3.00 bits per heavy atom. The van der Waals surface area contributed by atoms with E-state index in [1.54, 1.807) is 13.0 Å². The smallest absolute Gasteiger partial charge is 0.128 e. The van der Waals surface area contributed by atoms with Gasteiger partial charge in [-0.3, -0.25) is 0 Å². The van der Waals surface area contributed by atoms with Crippen molar-refractivity contribution in [2.45, 2.75) is 12.2 Å². The summed E-state index contributed by atoms with van der Waals surface area (Å²) in [4.78, 5) is 0. The van der Waals surface area contributed by atoms with Crippen LogP contribution < -0.4 is 11.1 Å². The van der Waals surface area contributed by atoms with E-state index in [0.29, 0.717) is 16.5 Å². The molecule has 5 heteroatoms. The summed E-state index contributed by atoms with van der Waals surface area (Å²) >= 11 is 3.99. The zero-order chi connectivity index (χ0) is 12.3. The number of benzene rings is 1. The van der Waals surface area contributed by atoms with Gasteiger partial charge in [-0.1, -0.05) is 0 Å². The van der Waals surface area contributed by atoms with Gasteiger partial charge in [0, 0.05) is 29.1 Å². The van der Waals surface area contributed by atoms with E-state index >= 15 is 0 Å². The van der Waals surface area contributed by atoms with Crippen molar-refractivity contribution in [1.29, 1.82) is 0 Å².